The van der Waals surface area contributed by atoms with Crippen LogP contribution in [0.5, 0.6) is 0 Å². The lowest BCUT2D eigenvalue weighted by Crippen LogP contribution is -2.37. The van der Waals surface area contributed by atoms with Crippen molar-refractivity contribution in [1.82, 2.24) is 9.13 Å². The first kappa shape index (κ1) is 27.1. The van der Waals surface area contributed by atoms with Crippen LogP contribution in [0.4, 0.5) is 11.4 Å². The predicted molar refractivity (Wildman–Crippen MR) is 206 cm³/mol. The molecule has 3 heterocycles. The quantitative estimate of drug-likeness (QED) is 0.196. The minimum Gasteiger partial charge on any atom is -0.354 e. The molecule has 0 atom stereocenters. The third-order valence-corrected chi connectivity index (χ3v) is 10.3. The van der Waals surface area contributed by atoms with Gasteiger partial charge in [-0.1, -0.05) is 109 Å². The van der Waals surface area contributed by atoms with Crippen molar-refractivity contribution in [3.05, 3.63) is 157 Å². The molecule has 2 aromatic heterocycles. The molecular weight excluding hydrogens is 581 g/mol. The van der Waals surface area contributed by atoms with Crippen molar-refractivity contribution >= 4 is 73.2 Å². The summed E-state index contributed by atoms with van der Waals surface area (Å²) in [6.45, 7) is 4.42. The summed E-state index contributed by atoms with van der Waals surface area (Å²) in [7, 11) is 0.881. The van der Waals surface area contributed by atoms with Crippen LogP contribution in [0.1, 0.15) is 11.1 Å². The molecule has 1 aliphatic rings. The van der Waals surface area contributed by atoms with Gasteiger partial charge < -0.3 is 14.5 Å². The molecule has 226 valence electrons. The SMILES string of the molecule is Cc1cc(-c2ccc3c(c2Nc2ccccc2C)c2ccccc2n3-c2ccccc2)c2c(c1)-n1c3ccccc3c3cccc(c31)B2. The van der Waals surface area contributed by atoms with Gasteiger partial charge in [0, 0.05) is 49.7 Å². The zero-order valence-electron chi connectivity index (χ0n) is 27.0. The monoisotopic (exact) mass is 613 g/mol. The van der Waals surface area contributed by atoms with Crippen LogP contribution in [0.3, 0.4) is 0 Å². The highest BCUT2D eigenvalue weighted by molar-refractivity contribution is 6.73. The Morgan fingerprint density at radius 1 is 0.542 bits per heavy atom. The van der Waals surface area contributed by atoms with E-state index in [-0.39, 0.29) is 0 Å². The van der Waals surface area contributed by atoms with Crippen molar-refractivity contribution in [3.8, 4) is 22.5 Å². The van der Waals surface area contributed by atoms with E-state index in [4.69, 9.17) is 0 Å². The maximum absolute atomic E-state index is 4.01. The first-order valence-electron chi connectivity index (χ1n) is 16.8. The zero-order chi connectivity index (χ0) is 31.9. The molecule has 0 aliphatic carbocycles. The first-order valence-corrected chi connectivity index (χ1v) is 16.8. The number of para-hydroxylation sites is 5. The number of rotatable bonds is 4. The summed E-state index contributed by atoms with van der Waals surface area (Å²) in [5, 5.41) is 9.11. The van der Waals surface area contributed by atoms with E-state index < -0.39 is 0 Å². The van der Waals surface area contributed by atoms with Crippen LogP contribution in [0, 0.1) is 13.8 Å². The van der Waals surface area contributed by atoms with Gasteiger partial charge in [-0.05, 0) is 78.5 Å². The second kappa shape index (κ2) is 10.3. The molecule has 0 bridgehead atoms. The molecule has 7 aromatic carbocycles. The van der Waals surface area contributed by atoms with Gasteiger partial charge in [-0.15, -0.1) is 0 Å². The molecule has 48 heavy (non-hydrogen) atoms. The minimum atomic E-state index is 0.881. The summed E-state index contributed by atoms with van der Waals surface area (Å²) < 4.78 is 4.92. The van der Waals surface area contributed by atoms with E-state index in [1.54, 1.807) is 0 Å². The van der Waals surface area contributed by atoms with Crippen LogP contribution in [0.25, 0.3) is 66.1 Å². The molecule has 3 nitrogen and oxygen atoms in total. The van der Waals surface area contributed by atoms with Crippen molar-refractivity contribution < 1.29 is 0 Å². The van der Waals surface area contributed by atoms with Crippen LogP contribution < -0.4 is 16.2 Å². The lowest BCUT2D eigenvalue weighted by atomic mass is 9.59. The second-order valence-electron chi connectivity index (χ2n) is 13.2. The fourth-order valence-electron chi connectivity index (χ4n) is 8.21. The van der Waals surface area contributed by atoms with Gasteiger partial charge in [0.1, 0.15) is 0 Å². The van der Waals surface area contributed by atoms with Gasteiger partial charge >= 0.3 is 0 Å². The van der Waals surface area contributed by atoms with Gasteiger partial charge in [-0.25, -0.2) is 0 Å². The third kappa shape index (κ3) is 3.83. The van der Waals surface area contributed by atoms with Gasteiger partial charge in [0.2, 0.25) is 0 Å². The van der Waals surface area contributed by atoms with Crippen molar-refractivity contribution in [1.29, 1.82) is 0 Å². The van der Waals surface area contributed by atoms with Crippen LogP contribution in [0.2, 0.25) is 0 Å². The smallest absolute Gasteiger partial charge is 0.198 e. The van der Waals surface area contributed by atoms with Crippen molar-refractivity contribution in [2.75, 3.05) is 5.32 Å². The molecule has 0 amide bonds. The highest BCUT2D eigenvalue weighted by atomic mass is 15.0. The topological polar surface area (TPSA) is 21.9 Å². The van der Waals surface area contributed by atoms with Crippen LogP contribution >= 0.6 is 0 Å². The molecule has 1 N–H and O–H groups in total. The van der Waals surface area contributed by atoms with Gasteiger partial charge in [0.15, 0.2) is 7.28 Å². The molecule has 9 aromatic rings. The van der Waals surface area contributed by atoms with Crippen molar-refractivity contribution in [2.24, 2.45) is 0 Å². The number of nitrogens with zero attached hydrogens (tertiary/aromatic N) is 2. The molecule has 4 heteroatoms. The van der Waals surface area contributed by atoms with Gasteiger partial charge in [-0.2, -0.15) is 0 Å². The number of hydrogen-bond acceptors (Lipinski definition) is 1. The zero-order valence-corrected chi connectivity index (χ0v) is 27.0. The fraction of sp³-hybridized carbons (Fsp3) is 0.0455. The van der Waals surface area contributed by atoms with Crippen molar-refractivity contribution in [2.45, 2.75) is 13.8 Å². The maximum Gasteiger partial charge on any atom is 0.198 e. The molecule has 1 aliphatic heterocycles. The first-order chi connectivity index (χ1) is 23.7. The van der Waals surface area contributed by atoms with Gasteiger partial charge in [0.25, 0.3) is 0 Å². The van der Waals surface area contributed by atoms with E-state index in [2.05, 4.69) is 174 Å². The highest BCUT2D eigenvalue weighted by Gasteiger charge is 2.27. The van der Waals surface area contributed by atoms with Crippen molar-refractivity contribution in [3.63, 3.8) is 0 Å². The lowest BCUT2D eigenvalue weighted by Gasteiger charge is -2.25. The Hall–Kier alpha value is -6.00. The molecule has 0 saturated heterocycles. The molecule has 0 unspecified atom stereocenters. The maximum atomic E-state index is 4.01. The largest absolute Gasteiger partial charge is 0.354 e. The molecule has 10 rings (SSSR count). The molecule has 0 spiro atoms. The Kier molecular flexibility index (Phi) is 5.80. The van der Waals surface area contributed by atoms with E-state index in [0.29, 0.717) is 0 Å². The highest BCUT2D eigenvalue weighted by Crippen LogP contribution is 2.44. The van der Waals surface area contributed by atoms with Crippen LogP contribution in [-0.4, -0.2) is 16.4 Å². The number of hydrogen-bond donors (Lipinski definition) is 1. The average Bonchev–Trinajstić information content (AvgIpc) is 3.64. The summed E-state index contributed by atoms with van der Waals surface area (Å²) in [5.74, 6) is 0. The van der Waals surface area contributed by atoms with E-state index in [1.165, 1.54) is 82.5 Å². The van der Waals surface area contributed by atoms with E-state index >= 15 is 0 Å². The third-order valence-electron chi connectivity index (χ3n) is 10.3. The standard InChI is InChI=1S/C44H32BN3/c1-27-25-34(42-40(26-27)48-37-21-10-7-16-30(37)32-18-12-19-35(45-42)44(32)48)31-23-24-39-41(43(31)46-36-20-9-6-13-28(36)2)33-17-8-11-22-38(33)47(39)29-14-4-3-5-15-29/h3-26,45-46H,1-2H3. The summed E-state index contributed by atoms with van der Waals surface area (Å²) in [6.07, 6.45) is 0. The average molecular weight is 614 g/mol. The Labute approximate surface area is 279 Å². The number of benzene rings is 7. The number of nitrogens with one attached hydrogen (secondary N) is 1. The van der Waals surface area contributed by atoms with Gasteiger partial charge in [-0.3, -0.25) is 0 Å². The Balaban J connectivity index is 1.32. The second-order valence-corrected chi connectivity index (χ2v) is 13.2. The summed E-state index contributed by atoms with van der Waals surface area (Å²) in [5.41, 5.74) is 17.4. The Bertz CT molecular complexity index is 2750. The number of fused-ring (bicyclic) bond motifs is 8. The summed E-state index contributed by atoms with van der Waals surface area (Å²) >= 11 is 0. The minimum absolute atomic E-state index is 0.881. The Morgan fingerprint density at radius 2 is 1.25 bits per heavy atom. The lowest BCUT2D eigenvalue weighted by molar-refractivity contribution is 1.18. The number of aromatic nitrogens is 2. The molecule has 0 saturated carbocycles. The Morgan fingerprint density at radius 3 is 2.08 bits per heavy atom. The summed E-state index contributed by atoms with van der Waals surface area (Å²) in [4.78, 5) is 0. The van der Waals surface area contributed by atoms with Crippen LogP contribution in [0.15, 0.2) is 146 Å². The molecule has 0 radical (unpaired) electrons. The van der Waals surface area contributed by atoms with Crippen LogP contribution in [-0.2, 0) is 0 Å². The van der Waals surface area contributed by atoms with E-state index in [0.717, 1.165) is 24.3 Å². The number of aryl methyl sites for hydroxylation is 2. The predicted octanol–water partition coefficient (Wildman–Crippen LogP) is 9.61. The fourth-order valence-corrected chi connectivity index (χ4v) is 8.21. The van der Waals surface area contributed by atoms with Gasteiger partial charge in [0.05, 0.1) is 22.2 Å². The molecular formula is C44H32BN3. The molecule has 0 fully saturated rings. The van der Waals surface area contributed by atoms with E-state index in [1.807, 2.05) is 0 Å². The summed E-state index contributed by atoms with van der Waals surface area (Å²) in [6, 6.07) is 53.3. The number of anilines is 2. The van der Waals surface area contributed by atoms with E-state index in [9.17, 15) is 0 Å². The normalized spacial score (nSPS) is 12.1.